The second-order valence-corrected chi connectivity index (χ2v) is 6.03. The fraction of sp³-hybridized carbons (Fsp3) is 0.769. The van der Waals surface area contributed by atoms with Gasteiger partial charge in [0, 0.05) is 0 Å². The van der Waals surface area contributed by atoms with Crippen LogP contribution in [0, 0.1) is 5.92 Å². The SMILES string of the molecule is CC(C)C[C@H](N)C(=O)N(CC(=O)O)C(=O)OC(C)(C)C. The fourth-order valence-electron chi connectivity index (χ4n) is 1.49. The Morgan fingerprint density at radius 3 is 2.10 bits per heavy atom. The summed E-state index contributed by atoms with van der Waals surface area (Å²) in [6.07, 6.45) is -0.637. The molecule has 0 aromatic rings. The van der Waals surface area contributed by atoms with Gasteiger partial charge in [0.1, 0.15) is 12.1 Å². The zero-order valence-electron chi connectivity index (χ0n) is 12.7. The van der Waals surface area contributed by atoms with Gasteiger partial charge in [0.25, 0.3) is 0 Å². The van der Waals surface area contributed by atoms with Gasteiger partial charge in [0.05, 0.1) is 6.04 Å². The Balaban J connectivity index is 5.00. The van der Waals surface area contributed by atoms with E-state index in [1.807, 2.05) is 13.8 Å². The summed E-state index contributed by atoms with van der Waals surface area (Å²) in [5, 5.41) is 8.80. The molecule has 0 rings (SSSR count). The topological polar surface area (TPSA) is 110 Å². The number of carbonyl (C=O) groups is 3. The number of carboxylic acid groups (broad SMARTS) is 1. The van der Waals surface area contributed by atoms with E-state index in [0.717, 1.165) is 0 Å². The summed E-state index contributed by atoms with van der Waals surface area (Å²) < 4.78 is 5.02. The molecule has 0 radical (unpaired) electrons. The van der Waals surface area contributed by atoms with Crippen molar-refractivity contribution in [3.05, 3.63) is 0 Å². The standard InChI is InChI=1S/C13H24N2O5/c1-8(2)6-9(14)11(18)15(7-10(16)17)12(19)20-13(3,4)5/h8-9H,6-7,14H2,1-5H3,(H,16,17)/t9-/m0/s1. The summed E-state index contributed by atoms with van der Waals surface area (Å²) in [5.41, 5.74) is 4.88. The van der Waals surface area contributed by atoms with E-state index in [1.165, 1.54) is 0 Å². The molecule has 116 valence electrons. The molecule has 0 fully saturated rings. The van der Waals surface area contributed by atoms with Crippen molar-refractivity contribution in [2.24, 2.45) is 11.7 Å². The highest BCUT2D eigenvalue weighted by Gasteiger charge is 2.32. The van der Waals surface area contributed by atoms with Crippen LogP contribution in [0.5, 0.6) is 0 Å². The molecule has 0 aliphatic carbocycles. The molecule has 0 saturated heterocycles. The number of rotatable bonds is 5. The van der Waals surface area contributed by atoms with Crippen LogP contribution in [-0.4, -0.2) is 46.2 Å². The van der Waals surface area contributed by atoms with Gasteiger partial charge in [0.2, 0.25) is 5.91 Å². The maximum atomic E-state index is 12.1. The largest absolute Gasteiger partial charge is 0.480 e. The Kier molecular flexibility index (Phi) is 6.64. The summed E-state index contributed by atoms with van der Waals surface area (Å²) in [6.45, 7) is 7.87. The van der Waals surface area contributed by atoms with Gasteiger partial charge in [0.15, 0.2) is 0 Å². The number of nitrogens with zero attached hydrogens (tertiary/aromatic N) is 1. The molecule has 0 aliphatic heterocycles. The van der Waals surface area contributed by atoms with Gasteiger partial charge in [-0.15, -0.1) is 0 Å². The average Bonchev–Trinajstić information content (AvgIpc) is 2.21. The molecule has 7 heteroatoms. The molecule has 0 spiro atoms. The number of imide groups is 1. The van der Waals surface area contributed by atoms with Crippen molar-refractivity contribution in [1.29, 1.82) is 0 Å². The lowest BCUT2D eigenvalue weighted by Crippen LogP contribution is -2.50. The Morgan fingerprint density at radius 1 is 1.25 bits per heavy atom. The summed E-state index contributed by atoms with van der Waals surface area (Å²) in [5.74, 6) is -1.89. The molecule has 2 amide bonds. The highest BCUT2D eigenvalue weighted by atomic mass is 16.6. The smallest absolute Gasteiger partial charge is 0.417 e. The highest BCUT2D eigenvalue weighted by molar-refractivity contribution is 5.97. The molecule has 7 nitrogen and oxygen atoms in total. The first-order chi connectivity index (χ1) is 8.94. The summed E-state index contributed by atoms with van der Waals surface area (Å²) in [7, 11) is 0. The summed E-state index contributed by atoms with van der Waals surface area (Å²) >= 11 is 0. The van der Waals surface area contributed by atoms with Crippen LogP contribution in [0.4, 0.5) is 4.79 Å². The van der Waals surface area contributed by atoms with Crippen molar-refractivity contribution in [2.45, 2.75) is 52.7 Å². The first-order valence-electron chi connectivity index (χ1n) is 6.45. The third kappa shape index (κ3) is 7.08. The zero-order valence-corrected chi connectivity index (χ0v) is 12.7. The highest BCUT2D eigenvalue weighted by Crippen LogP contribution is 2.12. The minimum absolute atomic E-state index is 0.152. The Labute approximate surface area is 119 Å². The van der Waals surface area contributed by atoms with E-state index in [4.69, 9.17) is 15.6 Å². The van der Waals surface area contributed by atoms with Crippen LogP contribution < -0.4 is 5.73 Å². The molecule has 1 atom stereocenters. The third-order valence-electron chi connectivity index (χ3n) is 2.22. The van der Waals surface area contributed by atoms with Crippen molar-refractivity contribution in [2.75, 3.05) is 6.54 Å². The van der Waals surface area contributed by atoms with Gasteiger partial charge in [-0.3, -0.25) is 9.59 Å². The van der Waals surface area contributed by atoms with E-state index in [9.17, 15) is 14.4 Å². The predicted octanol–water partition coefficient (Wildman–Crippen LogP) is 1.21. The number of hydrogen-bond acceptors (Lipinski definition) is 5. The van der Waals surface area contributed by atoms with Gasteiger partial charge >= 0.3 is 12.1 Å². The van der Waals surface area contributed by atoms with Gasteiger partial charge in [-0.25, -0.2) is 9.69 Å². The fourth-order valence-corrected chi connectivity index (χ4v) is 1.49. The third-order valence-corrected chi connectivity index (χ3v) is 2.22. The Hall–Kier alpha value is -1.63. The minimum atomic E-state index is -1.30. The normalized spacial score (nSPS) is 12.9. The van der Waals surface area contributed by atoms with E-state index in [-0.39, 0.29) is 5.92 Å². The quantitative estimate of drug-likeness (QED) is 0.786. The van der Waals surface area contributed by atoms with Crippen LogP contribution in [0.1, 0.15) is 41.0 Å². The molecule has 0 aromatic carbocycles. The van der Waals surface area contributed by atoms with E-state index in [0.29, 0.717) is 11.3 Å². The van der Waals surface area contributed by atoms with Gasteiger partial charge < -0.3 is 15.6 Å². The van der Waals surface area contributed by atoms with E-state index >= 15 is 0 Å². The lowest BCUT2D eigenvalue weighted by atomic mass is 10.0. The molecule has 0 aliphatic rings. The average molecular weight is 288 g/mol. The molecule has 0 heterocycles. The van der Waals surface area contributed by atoms with E-state index in [1.54, 1.807) is 20.8 Å². The van der Waals surface area contributed by atoms with Crippen LogP contribution in [0.25, 0.3) is 0 Å². The van der Waals surface area contributed by atoms with Gasteiger partial charge in [-0.05, 0) is 33.1 Å². The number of amides is 2. The molecule has 3 N–H and O–H groups in total. The van der Waals surface area contributed by atoms with Crippen LogP contribution >= 0.6 is 0 Å². The van der Waals surface area contributed by atoms with Gasteiger partial charge in [-0.1, -0.05) is 13.8 Å². The molecule has 0 bridgehead atoms. The van der Waals surface area contributed by atoms with Crippen LogP contribution in [-0.2, 0) is 14.3 Å². The van der Waals surface area contributed by atoms with Gasteiger partial charge in [-0.2, -0.15) is 0 Å². The Morgan fingerprint density at radius 2 is 1.75 bits per heavy atom. The lowest BCUT2D eigenvalue weighted by Gasteiger charge is -2.27. The van der Waals surface area contributed by atoms with E-state index < -0.39 is 36.2 Å². The number of carboxylic acids is 1. The van der Waals surface area contributed by atoms with Crippen molar-refractivity contribution in [3.63, 3.8) is 0 Å². The summed E-state index contributed by atoms with van der Waals surface area (Å²) in [6, 6.07) is -0.929. The van der Waals surface area contributed by atoms with Crippen molar-refractivity contribution in [1.82, 2.24) is 4.90 Å². The number of carbonyl (C=O) groups excluding carboxylic acids is 2. The van der Waals surface area contributed by atoms with Crippen LogP contribution in [0.3, 0.4) is 0 Å². The maximum Gasteiger partial charge on any atom is 0.417 e. The number of nitrogens with two attached hydrogens (primary N) is 1. The maximum absolute atomic E-state index is 12.1. The van der Waals surface area contributed by atoms with Crippen LogP contribution in [0.15, 0.2) is 0 Å². The number of hydrogen-bond donors (Lipinski definition) is 2. The lowest BCUT2D eigenvalue weighted by molar-refractivity contribution is -0.144. The molecule has 0 saturated carbocycles. The Bertz CT molecular complexity index is 373. The first kappa shape index (κ1) is 18.4. The zero-order chi connectivity index (χ0) is 16.1. The molecule has 20 heavy (non-hydrogen) atoms. The predicted molar refractivity (Wildman–Crippen MR) is 73.0 cm³/mol. The van der Waals surface area contributed by atoms with Crippen LogP contribution in [0.2, 0.25) is 0 Å². The van der Waals surface area contributed by atoms with Crippen molar-refractivity contribution >= 4 is 18.0 Å². The second kappa shape index (κ2) is 7.23. The molecule has 0 unspecified atom stereocenters. The molecular weight excluding hydrogens is 264 g/mol. The van der Waals surface area contributed by atoms with E-state index in [2.05, 4.69) is 0 Å². The molecule has 0 aromatic heterocycles. The minimum Gasteiger partial charge on any atom is -0.480 e. The summed E-state index contributed by atoms with van der Waals surface area (Å²) in [4.78, 5) is 35.3. The monoisotopic (exact) mass is 288 g/mol. The first-order valence-corrected chi connectivity index (χ1v) is 6.45. The number of ether oxygens (including phenoxy) is 1. The second-order valence-electron chi connectivity index (χ2n) is 6.03. The van der Waals surface area contributed by atoms with Crippen molar-refractivity contribution < 1.29 is 24.2 Å². The van der Waals surface area contributed by atoms with Crippen molar-refractivity contribution in [3.8, 4) is 0 Å². The molecular formula is C13H24N2O5. The number of aliphatic carboxylic acids is 1.